The van der Waals surface area contributed by atoms with Gasteiger partial charge in [0.05, 0.1) is 12.5 Å². The number of hydrogen-bond acceptors (Lipinski definition) is 3. The molecule has 2 aromatic carbocycles. The lowest BCUT2D eigenvalue weighted by atomic mass is 10.1. The van der Waals surface area contributed by atoms with E-state index in [0.29, 0.717) is 13.0 Å². The molecule has 5 heteroatoms. The largest absolute Gasteiger partial charge is 0.354 e. The Labute approximate surface area is 160 Å². The first-order valence-corrected chi connectivity index (χ1v) is 9.54. The molecule has 1 fully saturated rings. The summed E-state index contributed by atoms with van der Waals surface area (Å²) in [6.07, 6.45) is 2.78. The van der Waals surface area contributed by atoms with E-state index in [0.717, 1.165) is 24.3 Å². The van der Waals surface area contributed by atoms with Gasteiger partial charge in [0.25, 0.3) is 0 Å². The molecule has 1 saturated heterocycles. The van der Waals surface area contributed by atoms with Gasteiger partial charge < -0.3 is 10.6 Å². The zero-order chi connectivity index (χ0) is 19.1. The fourth-order valence-corrected chi connectivity index (χ4v) is 3.55. The Hall–Kier alpha value is -2.66. The second kappa shape index (κ2) is 9.33. The molecular formula is C22H27N3O2. The van der Waals surface area contributed by atoms with Crippen molar-refractivity contribution in [3.63, 3.8) is 0 Å². The van der Waals surface area contributed by atoms with Gasteiger partial charge in [0.15, 0.2) is 0 Å². The molecule has 0 aromatic heterocycles. The third-order valence-electron chi connectivity index (χ3n) is 4.90. The molecule has 0 saturated carbocycles. The van der Waals surface area contributed by atoms with E-state index in [-0.39, 0.29) is 17.9 Å². The van der Waals surface area contributed by atoms with Crippen molar-refractivity contribution < 1.29 is 9.59 Å². The summed E-state index contributed by atoms with van der Waals surface area (Å²) in [5, 5.41) is 5.83. The fourth-order valence-electron chi connectivity index (χ4n) is 3.55. The molecule has 1 aliphatic heterocycles. The van der Waals surface area contributed by atoms with Gasteiger partial charge in [-0.15, -0.1) is 0 Å². The summed E-state index contributed by atoms with van der Waals surface area (Å²) in [5.74, 6) is -0.0863. The van der Waals surface area contributed by atoms with E-state index in [1.165, 1.54) is 25.3 Å². The van der Waals surface area contributed by atoms with Crippen molar-refractivity contribution in [2.45, 2.75) is 32.2 Å². The Morgan fingerprint density at radius 1 is 1.00 bits per heavy atom. The van der Waals surface area contributed by atoms with E-state index >= 15 is 0 Å². The Morgan fingerprint density at radius 2 is 1.67 bits per heavy atom. The standard InChI is InChI=1S/C22H27N3O2/c1-17(26)24-20-11-9-18(10-12-20)15-22(27)23-16-21(25-13-5-6-14-25)19-7-3-2-4-8-19/h2-4,7-12,21H,5-6,13-16H2,1H3,(H,23,27)(H,24,26). The molecule has 1 aliphatic rings. The van der Waals surface area contributed by atoms with Crippen LogP contribution in [0.4, 0.5) is 5.69 Å². The van der Waals surface area contributed by atoms with Crippen LogP contribution in [0.3, 0.4) is 0 Å². The van der Waals surface area contributed by atoms with E-state index in [9.17, 15) is 9.59 Å². The molecule has 5 nitrogen and oxygen atoms in total. The summed E-state index contributed by atoms with van der Waals surface area (Å²) in [6, 6.07) is 18.0. The summed E-state index contributed by atoms with van der Waals surface area (Å²) < 4.78 is 0. The number of carbonyl (C=O) groups excluding carboxylic acids is 2. The van der Waals surface area contributed by atoms with Crippen molar-refractivity contribution >= 4 is 17.5 Å². The molecule has 0 bridgehead atoms. The van der Waals surface area contributed by atoms with Crippen LogP contribution in [-0.2, 0) is 16.0 Å². The zero-order valence-corrected chi connectivity index (χ0v) is 15.8. The van der Waals surface area contributed by atoms with Gasteiger partial charge in [0.1, 0.15) is 0 Å². The minimum Gasteiger partial charge on any atom is -0.354 e. The maximum Gasteiger partial charge on any atom is 0.224 e. The molecule has 3 rings (SSSR count). The van der Waals surface area contributed by atoms with Crippen molar-refractivity contribution in [1.82, 2.24) is 10.2 Å². The van der Waals surface area contributed by atoms with Crippen LogP contribution < -0.4 is 10.6 Å². The summed E-state index contributed by atoms with van der Waals surface area (Å²) in [4.78, 5) is 26.0. The van der Waals surface area contributed by atoms with E-state index in [4.69, 9.17) is 0 Å². The van der Waals surface area contributed by atoms with Crippen LogP contribution in [0, 0.1) is 0 Å². The summed E-state index contributed by atoms with van der Waals surface area (Å²) in [7, 11) is 0. The van der Waals surface area contributed by atoms with Gasteiger partial charge in [0, 0.05) is 19.2 Å². The van der Waals surface area contributed by atoms with Crippen molar-refractivity contribution in [3.05, 3.63) is 65.7 Å². The molecule has 1 atom stereocenters. The van der Waals surface area contributed by atoms with Crippen LogP contribution in [0.25, 0.3) is 0 Å². The first kappa shape index (κ1) is 19.1. The maximum absolute atomic E-state index is 12.4. The van der Waals surface area contributed by atoms with Crippen LogP contribution in [0.2, 0.25) is 0 Å². The van der Waals surface area contributed by atoms with Gasteiger partial charge in [0.2, 0.25) is 11.8 Å². The molecule has 27 heavy (non-hydrogen) atoms. The van der Waals surface area contributed by atoms with Gasteiger partial charge in [-0.25, -0.2) is 0 Å². The topological polar surface area (TPSA) is 61.4 Å². The average Bonchev–Trinajstić information content (AvgIpc) is 3.18. The molecule has 142 valence electrons. The second-order valence-electron chi connectivity index (χ2n) is 7.03. The third-order valence-corrected chi connectivity index (χ3v) is 4.90. The van der Waals surface area contributed by atoms with Crippen LogP contribution in [-0.4, -0.2) is 36.3 Å². The quantitative estimate of drug-likeness (QED) is 0.792. The minimum absolute atomic E-state index is 0.0161. The van der Waals surface area contributed by atoms with Crippen LogP contribution in [0.5, 0.6) is 0 Å². The maximum atomic E-state index is 12.4. The third kappa shape index (κ3) is 5.66. The zero-order valence-electron chi connectivity index (χ0n) is 15.8. The molecule has 2 aromatic rings. The molecule has 2 amide bonds. The molecule has 0 spiro atoms. The molecule has 1 unspecified atom stereocenters. The number of anilines is 1. The number of carbonyl (C=O) groups is 2. The van der Waals surface area contributed by atoms with Crippen molar-refractivity contribution in [2.24, 2.45) is 0 Å². The molecule has 0 radical (unpaired) electrons. The monoisotopic (exact) mass is 365 g/mol. The van der Waals surface area contributed by atoms with Gasteiger partial charge in [-0.05, 0) is 49.2 Å². The molecule has 2 N–H and O–H groups in total. The van der Waals surface area contributed by atoms with Crippen LogP contribution in [0.15, 0.2) is 54.6 Å². The first-order valence-electron chi connectivity index (χ1n) is 9.54. The number of amides is 2. The number of rotatable bonds is 7. The first-order chi connectivity index (χ1) is 13.1. The highest BCUT2D eigenvalue weighted by atomic mass is 16.2. The lowest BCUT2D eigenvalue weighted by Crippen LogP contribution is -2.37. The fraction of sp³-hybridized carbons (Fsp3) is 0.364. The number of nitrogens with zero attached hydrogens (tertiary/aromatic N) is 1. The lowest BCUT2D eigenvalue weighted by molar-refractivity contribution is -0.120. The normalized spacial score (nSPS) is 15.3. The Kier molecular flexibility index (Phi) is 6.60. The molecule has 0 aliphatic carbocycles. The SMILES string of the molecule is CC(=O)Nc1ccc(CC(=O)NCC(c2ccccc2)N2CCCC2)cc1. The highest BCUT2D eigenvalue weighted by Gasteiger charge is 2.23. The molecular weight excluding hydrogens is 338 g/mol. The summed E-state index contributed by atoms with van der Waals surface area (Å²) in [6.45, 7) is 4.26. The lowest BCUT2D eigenvalue weighted by Gasteiger charge is -2.28. The van der Waals surface area contributed by atoms with Gasteiger partial charge in [-0.3, -0.25) is 14.5 Å². The predicted molar refractivity (Wildman–Crippen MR) is 107 cm³/mol. The van der Waals surface area contributed by atoms with Crippen LogP contribution in [0.1, 0.15) is 36.9 Å². The van der Waals surface area contributed by atoms with Crippen molar-refractivity contribution in [2.75, 3.05) is 25.0 Å². The number of hydrogen-bond donors (Lipinski definition) is 2. The van der Waals surface area contributed by atoms with Gasteiger partial charge in [-0.1, -0.05) is 42.5 Å². The smallest absolute Gasteiger partial charge is 0.224 e. The highest BCUT2D eigenvalue weighted by Crippen LogP contribution is 2.24. The molecule has 1 heterocycles. The van der Waals surface area contributed by atoms with E-state index in [1.54, 1.807) is 0 Å². The van der Waals surface area contributed by atoms with E-state index in [1.807, 2.05) is 30.3 Å². The number of likely N-dealkylation sites (tertiary alicyclic amines) is 1. The highest BCUT2D eigenvalue weighted by molar-refractivity contribution is 5.88. The second-order valence-corrected chi connectivity index (χ2v) is 7.03. The Balaban J connectivity index is 1.56. The van der Waals surface area contributed by atoms with Crippen molar-refractivity contribution in [1.29, 1.82) is 0 Å². The number of nitrogens with one attached hydrogen (secondary N) is 2. The van der Waals surface area contributed by atoms with Gasteiger partial charge >= 0.3 is 0 Å². The summed E-state index contributed by atoms with van der Waals surface area (Å²) in [5.41, 5.74) is 2.92. The number of benzene rings is 2. The van der Waals surface area contributed by atoms with E-state index < -0.39 is 0 Å². The Bertz CT molecular complexity index is 753. The average molecular weight is 365 g/mol. The van der Waals surface area contributed by atoms with Gasteiger partial charge in [-0.2, -0.15) is 0 Å². The summed E-state index contributed by atoms with van der Waals surface area (Å²) >= 11 is 0. The van der Waals surface area contributed by atoms with Crippen LogP contribution >= 0.6 is 0 Å². The minimum atomic E-state index is -0.102. The van der Waals surface area contributed by atoms with Crippen molar-refractivity contribution in [3.8, 4) is 0 Å². The predicted octanol–water partition coefficient (Wildman–Crippen LogP) is 3.14. The van der Waals surface area contributed by atoms with E-state index in [2.05, 4.69) is 39.8 Å². The Morgan fingerprint density at radius 3 is 2.30 bits per heavy atom.